The Morgan fingerprint density at radius 3 is 1.17 bits per heavy atom. The number of rotatable bonds is 38. The van der Waals surface area contributed by atoms with Crippen molar-refractivity contribution in [2.24, 2.45) is 0 Å². The Morgan fingerprint density at radius 2 is 0.830 bits per heavy atom. The summed E-state index contributed by atoms with van der Waals surface area (Å²) in [7, 11) is 0. The average molecular weight is 666 g/mol. The number of hydrogen-bond acceptors (Lipinski definition) is 4. The predicted molar refractivity (Wildman–Crippen MR) is 204 cm³/mol. The minimum absolute atomic E-state index is 0.359. The van der Waals surface area contributed by atoms with Crippen LogP contribution >= 0.6 is 0 Å². The molecule has 0 spiro atoms. The number of carbonyl (C=O) groups excluding carboxylic acids is 1. The maximum atomic E-state index is 12.4. The van der Waals surface area contributed by atoms with Crippen molar-refractivity contribution in [1.82, 2.24) is 5.32 Å². The molecule has 0 aromatic carbocycles. The van der Waals surface area contributed by atoms with Gasteiger partial charge in [-0.25, -0.2) is 0 Å². The van der Waals surface area contributed by atoms with E-state index in [0.29, 0.717) is 6.42 Å². The Labute approximate surface area is 293 Å². The Balaban J connectivity index is 3.63. The summed E-state index contributed by atoms with van der Waals surface area (Å²) in [5, 5.41) is 33.1. The molecule has 0 radical (unpaired) electrons. The molecule has 0 fully saturated rings. The lowest BCUT2D eigenvalue weighted by Gasteiger charge is -2.21. The van der Waals surface area contributed by atoms with Crippen LogP contribution in [0.4, 0.5) is 0 Å². The van der Waals surface area contributed by atoms with Crippen LogP contribution in [0, 0.1) is 0 Å². The van der Waals surface area contributed by atoms with Gasteiger partial charge in [-0.2, -0.15) is 0 Å². The molecular weight excluding hydrogens is 582 g/mol. The smallest absolute Gasteiger partial charge is 0.249 e. The molecule has 5 nitrogen and oxygen atoms in total. The molecule has 0 bridgehead atoms. The highest BCUT2D eigenvalue weighted by Gasteiger charge is 2.22. The standard InChI is InChI=1S/C42H83NO4/c1-3-5-7-9-11-13-15-17-18-19-20-21-22-23-25-27-29-31-33-35-37-41(46)42(47)43-39(38-44)40(45)36-34-32-30-28-26-24-16-14-12-10-8-6-4-2/h34,36,39-41,44-46H,3-33,35,37-38H2,1-2H3,(H,43,47)/b36-34+. The van der Waals surface area contributed by atoms with E-state index in [2.05, 4.69) is 19.2 Å². The number of unbranched alkanes of at least 4 members (excludes halogenated alkanes) is 30. The quantitative estimate of drug-likeness (QED) is 0.0390. The van der Waals surface area contributed by atoms with Crippen LogP contribution in [0.1, 0.15) is 226 Å². The van der Waals surface area contributed by atoms with Crippen molar-refractivity contribution in [3.63, 3.8) is 0 Å². The van der Waals surface area contributed by atoms with Crippen LogP contribution in [0.5, 0.6) is 0 Å². The van der Waals surface area contributed by atoms with E-state index < -0.39 is 24.2 Å². The molecule has 5 heteroatoms. The highest BCUT2D eigenvalue weighted by Crippen LogP contribution is 2.16. The van der Waals surface area contributed by atoms with Gasteiger partial charge in [-0.05, 0) is 19.3 Å². The lowest BCUT2D eigenvalue weighted by molar-refractivity contribution is -0.131. The predicted octanol–water partition coefficient (Wildman–Crippen LogP) is 11.7. The highest BCUT2D eigenvalue weighted by molar-refractivity contribution is 5.80. The molecule has 3 unspecified atom stereocenters. The third kappa shape index (κ3) is 33.4. The Bertz CT molecular complexity index is 655. The average Bonchev–Trinajstić information content (AvgIpc) is 3.07. The zero-order valence-corrected chi connectivity index (χ0v) is 31.7. The van der Waals surface area contributed by atoms with Crippen molar-refractivity contribution in [3.05, 3.63) is 12.2 Å². The van der Waals surface area contributed by atoms with Crippen molar-refractivity contribution in [2.45, 2.75) is 244 Å². The zero-order valence-electron chi connectivity index (χ0n) is 31.7. The molecule has 47 heavy (non-hydrogen) atoms. The summed E-state index contributed by atoms with van der Waals surface area (Å²) < 4.78 is 0. The lowest BCUT2D eigenvalue weighted by atomic mass is 10.0. The van der Waals surface area contributed by atoms with E-state index in [4.69, 9.17) is 0 Å². The van der Waals surface area contributed by atoms with Gasteiger partial charge >= 0.3 is 0 Å². The molecule has 4 N–H and O–H groups in total. The first-order chi connectivity index (χ1) is 23.1. The minimum atomic E-state index is -1.09. The molecule has 3 atom stereocenters. The van der Waals surface area contributed by atoms with Gasteiger partial charge < -0.3 is 20.6 Å². The van der Waals surface area contributed by atoms with E-state index in [1.807, 2.05) is 6.08 Å². The second kappa shape index (κ2) is 37.9. The second-order valence-electron chi connectivity index (χ2n) is 14.6. The molecule has 280 valence electrons. The summed E-state index contributed by atoms with van der Waals surface area (Å²) in [4.78, 5) is 12.4. The molecule has 0 rings (SSSR count). The fourth-order valence-corrected chi connectivity index (χ4v) is 6.54. The Morgan fingerprint density at radius 1 is 0.511 bits per heavy atom. The third-order valence-electron chi connectivity index (χ3n) is 9.88. The van der Waals surface area contributed by atoms with Crippen LogP contribution in [-0.2, 0) is 4.79 Å². The van der Waals surface area contributed by atoms with Gasteiger partial charge in [0.25, 0.3) is 0 Å². The monoisotopic (exact) mass is 666 g/mol. The summed E-state index contributed by atoms with van der Waals surface area (Å²) >= 11 is 0. The van der Waals surface area contributed by atoms with Crippen LogP contribution in [-0.4, -0.2) is 46.1 Å². The maximum Gasteiger partial charge on any atom is 0.249 e. The third-order valence-corrected chi connectivity index (χ3v) is 9.88. The number of allylic oxidation sites excluding steroid dienone is 1. The molecule has 0 aliphatic carbocycles. The summed E-state index contributed by atoms with van der Waals surface area (Å²) in [6.07, 6.45) is 43.8. The number of carbonyl (C=O) groups is 1. The van der Waals surface area contributed by atoms with E-state index in [-0.39, 0.29) is 6.61 Å². The first-order valence-electron chi connectivity index (χ1n) is 21.0. The summed E-state index contributed by atoms with van der Waals surface area (Å²) in [5.74, 6) is -0.500. The molecule has 0 aromatic rings. The molecule has 0 aliphatic heterocycles. The fourth-order valence-electron chi connectivity index (χ4n) is 6.54. The van der Waals surface area contributed by atoms with Gasteiger partial charge in [0.1, 0.15) is 6.10 Å². The lowest BCUT2D eigenvalue weighted by Crippen LogP contribution is -2.48. The van der Waals surface area contributed by atoms with Crippen LogP contribution in [0.3, 0.4) is 0 Å². The molecule has 1 amide bonds. The van der Waals surface area contributed by atoms with Crippen molar-refractivity contribution < 1.29 is 20.1 Å². The summed E-state index contributed by atoms with van der Waals surface area (Å²) in [6, 6.07) is -0.791. The van der Waals surface area contributed by atoms with Gasteiger partial charge in [-0.1, -0.05) is 219 Å². The van der Waals surface area contributed by atoms with Crippen LogP contribution in [0.15, 0.2) is 12.2 Å². The Hall–Kier alpha value is -0.910. The fraction of sp³-hybridized carbons (Fsp3) is 0.929. The van der Waals surface area contributed by atoms with E-state index in [0.717, 1.165) is 32.1 Å². The van der Waals surface area contributed by atoms with E-state index in [1.54, 1.807) is 6.08 Å². The maximum absolute atomic E-state index is 12.4. The van der Waals surface area contributed by atoms with Crippen LogP contribution in [0.2, 0.25) is 0 Å². The van der Waals surface area contributed by atoms with Crippen LogP contribution in [0.25, 0.3) is 0 Å². The number of hydrogen-bond donors (Lipinski definition) is 4. The van der Waals surface area contributed by atoms with E-state index in [1.165, 1.54) is 173 Å². The number of aliphatic hydroxyl groups excluding tert-OH is 3. The second-order valence-corrected chi connectivity index (χ2v) is 14.6. The first kappa shape index (κ1) is 46.1. The van der Waals surface area contributed by atoms with Crippen LogP contribution < -0.4 is 5.32 Å². The van der Waals surface area contributed by atoms with Gasteiger partial charge in [0.15, 0.2) is 0 Å². The van der Waals surface area contributed by atoms with E-state index in [9.17, 15) is 20.1 Å². The zero-order chi connectivity index (χ0) is 34.5. The molecule has 0 aromatic heterocycles. The summed E-state index contributed by atoms with van der Waals surface area (Å²) in [6.45, 7) is 4.18. The normalized spacial score (nSPS) is 13.7. The SMILES string of the molecule is CCCCCCCCCCCCC/C=C/C(O)C(CO)NC(=O)C(O)CCCCCCCCCCCCCCCCCCCCCC. The van der Waals surface area contributed by atoms with Gasteiger partial charge in [0, 0.05) is 0 Å². The number of aliphatic hydroxyl groups is 3. The van der Waals surface area contributed by atoms with Gasteiger partial charge in [-0.3, -0.25) is 4.79 Å². The molecule has 0 saturated carbocycles. The Kier molecular flexibility index (Phi) is 37.2. The number of amides is 1. The van der Waals surface area contributed by atoms with Crippen molar-refractivity contribution >= 4 is 5.91 Å². The molecular formula is C42H83NO4. The van der Waals surface area contributed by atoms with Crippen molar-refractivity contribution in [3.8, 4) is 0 Å². The van der Waals surface area contributed by atoms with Gasteiger partial charge in [-0.15, -0.1) is 0 Å². The molecule has 0 aliphatic rings. The highest BCUT2D eigenvalue weighted by atomic mass is 16.3. The van der Waals surface area contributed by atoms with E-state index >= 15 is 0 Å². The van der Waals surface area contributed by atoms with Gasteiger partial charge in [0.2, 0.25) is 5.91 Å². The first-order valence-corrected chi connectivity index (χ1v) is 21.0. The summed E-state index contributed by atoms with van der Waals surface area (Å²) in [5.41, 5.74) is 0. The van der Waals surface area contributed by atoms with Crippen molar-refractivity contribution in [1.29, 1.82) is 0 Å². The molecule has 0 heterocycles. The number of nitrogens with one attached hydrogen (secondary N) is 1. The molecule has 0 saturated heterocycles. The topological polar surface area (TPSA) is 89.8 Å². The minimum Gasteiger partial charge on any atom is -0.394 e. The van der Waals surface area contributed by atoms with Gasteiger partial charge in [0.05, 0.1) is 18.8 Å². The largest absolute Gasteiger partial charge is 0.394 e. The van der Waals surface area contributed by atoms with Crippen molar-refractivity contribution in [2.75, 3.05) is 6.61 Å².